The number of aryl methyl sites for hydroxylation is 1. The molecular weight excluding hydrogens is 324 g/mol. The van der Waals surface area contributed by atoms with Crippen LogP contribution in [0.3, 0.4) is 0 Å². The molecule has 0 unspecified atom stereocenters. The van der Waals surface area contributed by atoms with E-state index < -0.39 is 10.0 Å². The second kappa shape index (κ2) is 5.82. The van der Waals surface area contributed by atoms with Crippen molar-refractivity contribution in [2.45, 2.75) is 17.9 Å². The van der Waals surface area contributed by atoms with Crippen molar-refractivity contribution < 1.29 is 13.2 Å². The molecule has 0 saturated carbocycles. The monoisotopic (exact) mass is 340 g/mol. The van der Waals surface area contributed by atoms with Gasteiger partial charge in [0.25, 0.3) is 0 Å². The zero-order valence-corrected chi connectivity index (χ0v) is 13.8. The fraction of sp³-hybridized carbons (Fsp3) is 0.385. The molecule has 1 saturated heterocycles. The van der Waals surface area contributed by atoms with Crippen molar-refractivity contribution in [1.29, 1.82) is 0 Å². The molecule has 2 heterocycles. The third kappa shape index (κ3) is 2.92. The van der Waals surface area contributed by atoms with Crippen LogP contribution in [0.25, 0.3) is 0 Å². The maximum absolute atomic E-state index is 12.4. The van der Waals surface area contributed by atoms with Gasteiger partial charge in [-0.3, -0.25) is 0 Å². The van der Waals surface area contributed by atoms with E-state index in [9.17, 15) is 8.42 Å². The third-order valence-corrected chi connectivity index (χ3v) is 5.98. The van der Waals surface area contributed by atoms with Gasteiger partial charge in [-0.1, -0.05) is 0 Å². The topological polar surface area (TPSA) is 84.4 Å². The highest BCUT2D eigenvalue weighted by Gasteiger charge is 2.37. The lowest BCUT2D eigenvalue weighted by Gasteiger charge is -2.38. The average Bonchev–Trinajstić information content (AvgIpc) is 2.87. The van der Waals surface area contributed by atoms with Crippen molar-refractivity contribution in [2.24, 2.45) is 0 Å². The Hall–Kier alpha value is -1.71. The molecule has 1 aromatic carbocycles. The Balaban J connectivity index is 1.63. The Kier molecular flexibility index (Phi) is 4.02. The van der Waals surface area contributed by atoms with Gasteiger partial charge in [0.2, 0.25) is 15.2 Å². The molecule has 0 aliphatic carbocycles. The van der Waals surface area contributed by atoms with E-state index in [1.54, 1.807) is 31.4 Å². The Bertz CT molecular complexity index is 752. The van der Waals surface area contributed by atoms with Crippen LogP contribution < -0.4 is 10.1 Å². The largest absolute Gasteiger partial charge is 0.497 e. The van der Waals surface area contributed by atoms with Gasteiger partial charge in [0.05, 0.1) is 18.0 Å². The zero-order valence-electron chi connectivity index (χ0n) is 12.2. The second-order valence-electron chi connectivity index (χ2n) is 4.99. The highest BCUT2D eigenvalue weighted by atomic mass is 32.2. The van der Waals surface area contributed by atoms with Crippen molar-refractivity contribution in [3.05, 3.63) is 30.1 Å². The maximum Gasteiger partial charge on any atom is 0.243 e. The number of methoxy groups -OCH3 is 1. The first-order valence-corrected chi connectivity index (χ1v) is 8.91. The molecule has 0 amide bonds. The number of rotatable bonds is 5. The maximum atomic E-state index is 12.4. The molecule has 1 aliphatic heterocycles. The summed E-state index contributed by atoms with van der Waals surface area (Å²) in [5, 5.41) is 3.92. The number of nitrogens with one attached hydrogen (secondary N) is 1. The Labute approximate surface area is 133 Å². The molecule has 3 rings (SSSR count). The van der Waals surface area contributed by atoms with Gasteiger partial charge in [0.15, 0.2) is 0 Å². The predicted molar refractivity (Wildman–Crippen MR) is 83.8 cm³/mol. The standard InChI is InChI=1S/C13H16N4O3S2/c1-9-14-13(21-16-9)15-10-7-17(8-10)22(18,19)12-5-3-11(20-2)4-6-12/h3-6,10H,7-8H2,1-2H3,(H,14,15,16). The van der Waals surface area contributed by atoms with Crippen LogP contribution in [0.4, 0.5) is 5.13 Å². The van der Waals surface area contributed by atoms with Crippen LogP contribution in [0.15, 0.2) is 29.2 Å². The van der Waals surface area contributed by atoms with Crippen molar-refractivity contribution in [3.8, 4) is 5.75 Å². The SMILES string of the molecule is COc1ccc(S(=O)(=O)N2CC(Nc3nc(C)ns3)C2)cc1. The lowest BCUT2D eigenvalue weighted by Crippen LogP contribution is -2.56. The molecule has 1 aliphatic rings. The summed E-state index contributed by atoms with van der Waals surface area (Å²) in [5.41, 5.74) is 0. The van der Waals surface area contributed by atoms with E-state index in [1.165, 1.54) is 15.8 Å². The van der Waals surface area contributed by atoms with Crippen LogP contribution in [0.2, 0.25) is 0 Å². The number of nitrogens with zero attached hydrogens (tertiary/aromatic N) is 3. The molecule has 2 aromatic rings. The van der Waals surface area contributed by atoms with Crippen molar-refractivity contribution in [1.82, 2.24) is 13.7 Å². The van der Waals surface area contributed by atoms with E-state index >= 15 is 0 Å². The zero-order chi connectivity index (χ0) is 15.7. The van der Waals surface area contributed by atoms with Gasteiger partial charge >= 0.3 is 0 Å². The van der Waals surface area contributed by atoms with Crippen LogP contribution in [0, 0.1) is 6.92 Å². The number of ether oxygens (including phenoxy) is 1. The lowest BCUT2D eigenvalue weighted by atomic mass is 10.2. The first-order chi connectivity index (χ1) is 10.5. The van der Waals surface area contributed by atoms with E-state index in [0.717, 1.165) is 11.0 Å². The molecule has 0 radical (unpaired) electrons. The highest BCUT2D eigenvalue weighted by molar-refractivity contribution is 7.89. The number of benzene rings is 1. The highest BCUT2D eigenvalue weighted by Crippen LogP contribution is 2.25. The minimum absolute atomic E-state index is 0.0698. The van der Waals surface area contributed by atoms with Gasteiger partial charge in [-0.25, -0.2) is 13.4 Å². The van der Waals surface area contributed by atoms with Gasteiger partial charge in [-0.15, -0.1) is 0 Å². The van der Waals surface area contributed by atoms with E-state index in [1.807, 2.05) is 6.92 Å². The Morgan fingerprint density at radius 1 is 1.32 bits per heavy atom. The molecule has 118 valence electrons. The number of sulfonamides is 1. The third-order valence-electron chi connectivity index (χ3n) is 3.40. The summed E-state index contributed by atoms with van der Waals surface area (Å²) in [4.78, 5) is 4.49. The molecular formula is C13H16N4O3S2. The first kappa shape index (κ1) is 15.2. The minimum Gasteiger partial charge on any atom is -0.497 e. The smallest absolute Gasteiger partial charge is 0.243 e. The van der Waals surface area contributed by atoms with E-state index in [0.29, 0.717) is 18.8 Å². The van der Waals surface area contributed by atoms with Crippen LogP contribution in [0.1, 0.15) is 5.82 Å². The number of aromatic nitrogens is 2. The van der Waals surface area contributed by atoms with Gasteiger partial charge in [-0.05, 0) is 31.2 Å². The summed E-state index contributed by atoms with van der Waals surface area (Å²) < 4.78 is 35.5. The molecule has 0 bridgehead atoms. The minimum atomic E-state index is -3.44. The van der Waals surface area contributed by atoms with Crippen molar-refractivity contribution in [3.63, 3.8) is 0 Å². The summed E-state index contributed by atoms with van der Waals surface area (Å²) >= 11 is 1.28. The molecule has 7 nitrogen and oxygen atoms in total. The predicted octanol–water partition coefficient (Wildman–Crippen LogP) is 1.34. The van der Waals surface area contributed by atoms with Crippen molar-refractivity contribution in [2.75, 3.05) is 25.5 Å². The molecule has 0 atom stereocenters. The molecule has 0 spiro atoms. The first-order valence-electron chi connectivity index (χ1n) is 6.70. The van der Waals surface area contributed by atoms with Crippen molar-refractivity contribution >= 4 is 26.7 Å². The van der Waals surface area contributed by atoms with E-state index in [4.69, 9.17) is 4.74 Å². The molecule has 1 N–H and O–H groups in total. The average molecular weight is 340 g/mol. The van der Waals surface area contributed by atoms with Crippen LogP contribution >= 0.6 is 11.5 Å². The molecule has 9 heteroatoms. The van der Waals surface area contributed by atoms with Crippen LogP contribution in [-0.4, -0.2) is 48.3 Å². The van der Waals surface area contributed by atoms with Crippen LogP contribution in [-0.2, 0) is 10.0 Å². The molecule has 1 fully saturated rings. The van der Waals surface area contributed by atoms with E-state index in [2.05, 4.69) is 14.7 Å². The number of hydrogen-bond acceptors (Lipinski definition) is 7. The van der Waals surface area contributed by atoms with Gasteiger partial charge in [0.1, 0.15) is 11.6 Å². The summed E-state index contributed by atoms with van der Waals surface area (Å²) in [6.07, 6.45) is 0. The Morgan fingerprint density at radius 2 is 2.00 bits per heavy atom. The summed E-state index contributed by atoms with van der Waals surface area (Å²) in [7, 11) is -1.90. The van der Waals surface area contributed by atoms with E-state index in [-0.39, 0.29) is 10.9 Å². The normalized spacial score (nSPS) is 16.3. The number of hydrogen-bond donors (Lipinski definition) is 1. The molecule has 22 heavy (non-hydrogen) atoms. The molecule has 1 aromatic heterocycles. The summed E-state index contributed by atoms with van der Waals surface area (Å²) in [6, 6.07) is 6.48. The summed E-state index contributed by atoms with van der Waals surface area (Å²) in [6.45, 7) is 2.67. The van der Waals surface area contributed by atoms with Gasteiger partial charge in [-0.2, -0.15) is 8.68 Å². The second-order valence-corrected chi connectivity index (χ2v) is 7.68. The van der Waals surface area contributed by atoms with Crippen LogP contribution in [0.5, 0.6) is 5.75 Å². The fourth-order valence-electron chi connectivity index (χ4n) is 2.15. The van der Waals surface area contributed by atoms with Gasteiger partial charge < -0.3 is 10.1 Å². The lowest BCUT2D eigenvalue weighted by molar-refractivity contribution is 0.281. The fourth-order valence-corrected chi connectivity index (χ4v) is 4.34. The van der Waals surface area contributed by atoms with Gasteiger partial charge in [0, 0.05) is 24.6 Å². The summed E-state index contributed by atoms with van der Waals surface area (Å²) in [5.74, 6) is 1.35. The Morgan fingerprint density at radius 3 is 2.55 bits per heavy atom. The number of anilines is 1. The quantitative estimate of drug-likeness (QED) is 0.884.